The Morgan fingerprint density at radius 3 is 2.10 bits per heavy atom. The van der Waals surface area contributed by atoms with Crippen molar-refractivity contribution < 1.29 is 29.0 Å². The van der Waals surface area contributed by atoms with Crippen LogP contribution in [0.25, 0.3) is 11.1 Å². The summed E-state index contributed by atoms with van der Waals surface area (Å²) >= 11 is 0.694. The minimum absolute atomic E-state index is 0.0748. The fourth-order valence-corrected chi connectivity index (χ4v) is 4.23. The van der Waals surface area contributed by atoms with E-state index in [-0.39, 0.29) is 18.3 Å². The lowest BCUT2D eigenvalue weighted by molar-refractivity contribution is -0.138. The van der Waals surface area contributed by atoms with Crippen molar-refractivity contribution in [2.45, 2.75) is 38.3 Å². The summed E-state index contributed by atoms with van der Waals surface area (Å²) in [5.41, 5.74) is 3.65. The number of alkyl carbamates (subject to hydrolysis) is 1. The van der Waals surface area contributed by atoms with Crippen LogP contribution >= 0.6 is 11.8 Å². The molecule has 0 spiro atoms. The molecule has 0 aliphatic heterocycles. The first-order chi connectivity index (χ1) is 14.7. The molecule has 0 aromatic heterocycles. The van der Waals surface area contributed by atoms with Crippen LogP contribution in [0.15, 0.2) is 48.5 Å². The van der Waals surface area contributed by atoms with Crippen molar-refractivity contribution in [3.63, 3.8) is 0 Å². The molecule has 1 atom stereocenters. The number of rotatable bonds is 6. The molecule has 0 heterocycles. The minimum Gasteiger partial charge on any atom is -0.480 e. The summed E-state index contributed by atoms with van der Waals surface area (Å²) < 4.78 is 10.5. The van der Waals surface area contributed by atoms with E-state index in [4.69, 9.17) is 9.47 Å². The molecule has 31 heavy (non-hydrogen) atoms. The molecule has 0 saturated heterocycles. The molecule has 1 amide bonds. The first-order valence-electron chi connectivity index (χ1n) is 9.86. The van der Waals surface area contributed by atoms with Gasteiger partial charge in [-0.05, 0) is 54.8 Å². The standard InChI is InChI=1S/C23H25NO6S/c1-23(2,3)30-22(28)31-13-19(20(25)26)24-21(27)29-12-18-16-10-6-4-8-14(16)15-9-5-7-11-17(15)18/h4-11,18-19H,12-13H2,1-3H3,(H,24,27)(H,25,26)/t19-/m0/s1. The van der Waals surface area contributed by atoms with Crippen molar-refractivity contribution in [1.82, 2.24) is 5.32 Å². The molecule has 7 nitrogen and oxygen atoms in total. The molecule has 164 valence electrons. The third-order valence-corrected chi connectivity index (χ3v) is 5.51. The van der Waals surface area contributed by atoms with Crippen LogP contribution in [0.2, 0.25) is 0 Å². The first kappa shape index (κ1) is 22.7. The highest BCUT2D eigenvalue weighted by atomic mass is 32.2. The highest BCUT2D eigenvalue weighted by Gasteiger charge is 2.30. The molecule has 0 saturated carbocycles. The van der Waals surface area contributed by atoms with Crippen LogP contribution in [-0.2, 0) is 14.3 Å². The second-order valence-electron chi connectivity index (χ2n) is 8.14. The second-order valence-corrected chi connectivity index (χ2v) is 9.09. The summed E-state index contributed by atoms with van der Waals surface area (Å²) in [5, 5.41) is 11.1. The molecule has 0 bridgehead atoms. The molecule has 0 fully saturated rings. The number of carbonyl (C=O) groups is 3. The number of thioether (sulfide) groups is 1. The van der Waals surface area contributed by atoms with Gasteiger partial charge in [-0.15, -0.1) is 0 Å². The number of benzene rings is 2. The van der Waals surface area contributed by atoms with Crippen molar-refractivity contribution >= 4 is 29.1 Å². The summed E-state index contributed by atoms with van der Waals surface area (Å²) in [7, 11) is 0. The largest absolute Gasteiger partial charge is 0.480 e. The van der Waals surface area contributed by atoms with Crippen molar-refractivity contribution in [2.24, 2.45) is 0 Å². The van der Waals surface area contributed by atoms with Gasteiger partial charge in [-0.2, -0.15) is 0 Å². The molecule has 1 aliphatic carbocycles. The Morgan fingerprint density at radius 2 is 1.58 bits per heavy atom. The second kappa shape index (κ2) is 9.43. The van der Waals surface area contributed by atoms with Gasteiger partial charge < -0.3 is 19.9 Å². The number of carboxylic acid groups (broad SMARTS) is 1. The monoisotopic (exact) mass is 443 g/mol. The van der Waals surface area contributed by atoms with Gasteiger partial charge >= 0.3 is 17.4 Å². The van der Waals surface area contributed by atoms with Gasteiger partial charge in [0, 0.05) is 11.7 Å². The van der Waals surface area contributed by atoms with Gasteiger partial charge in [0.05, 0.1) is 0 Å². The smallest absolute Gasteiger partial charge is 0.407 e. The highest BCUT2D eigenvalue weighted by molar-refractivity contribution is 8.13. The van der Waals surface area contributed by atoms with Crippen LogP contribution in [0.5, 0.6) is 0 Å². The fraction of sp³-hybridized carbons (Fsp3) is 0.348. The zero-order valence-electron chi connectivity index (χ0n) is 17.6. The van der Waals surface area contributed by atoms with E-state index in [9.17, 15) is 19.5 Å². The topological polar surface area (TPSA) is 102 Å². The molecular weight excluding hydrogens is 418 g/mol. The highest BCUT2D eigenvalue weighted by Crippen LogP contribution is 2.44. The van der Waals surface area contributed by atoms with E-state index in [1.807, 2.05) is 48.5 Å². The summed E-state index contributed by atoms with van der Waals surface area (Å²) in [4.78, 5) is 35.6. The van der Waals surface area contributed by atoms with E-state index in [1.165, 1.54) is 0 Å². The van der Waals surface area contributed by atoms with Gasteiger partial charge in [0.2, 0.25) is 0 Å². The Labute approximate surface area is 185 Å². The van der Waals surface area contributed by atoms with E-state index < -0.39 is 29.0 Å². The number of nitrogens with one attached hydrogen (secondary N) is 1. The average molecular weight is 444 g/mol. The van der Waals surface area contributed by atoms with Crippen LogP contribution in [0.4, 0.5) is 9.59 Å². The number of ether oxygens (including phenoxy) is 2. The minimum atomic E-state index is -1.28. The van der Waals surface area contributed by atoms with Crippen LogP contribution in [-0.4, -0.2) is 46.5 Å². The lowest BCUT2D eigenvalue weighted by Crippen LogP contribution is -2.43. The average Bonchev–Trinajstić information content (AvgIpc) is 3.02. The SMILES string of the molecule is CC(C)(C)OC(=O)SC[C@H](NC(=O)OCC1c2ccccc2-c2ccccc21)C(=O)O. The maximum Gasteiger partial charge on any atom is 0.407 e. The van der Waals surface area contributed by atoms with Gasteiger partial charge in [0.15, 0.2) is 0 Å². The molecule has 2 aromatic rings. The van der Waals surface area contributed by atoms with Crippen LogP contribution < -0.4 is 5.32 Å². The normalized spacial score (nSPS) is 13.6. The van der Waals surface area contributed by atoms with E-state index >= 15 is 0 Å². The van der Waals surface area contributed by atoms with E-state index in [0.29, 0.717) is 11.8 Å². The molecule has 0 radical (unpaired) electrons. The summed E-state index contributed by atoms with van der Waals surface area (Å²) in [6.45, 7) is 5.23. The predicted molar refractivity (Wildman–Crippen MR) is 118 cm³/mol. The first-order valence-corrected chi connectivity index (χ1v) is 10.8. The number of hydrogen-bond donors (Lipinski definition) is 2. The Kier molecular flexibility index (Phi) is 6.90. The molecule has 0 unspecified atom stereocenters. The Hall–Kier alpha value is -3.00. The lowest BCUT2D eigenvalue weighted by atomic mass is 9.98. The number of hydrogen-bond acceptors (Lipinski definition) is 6. The van der Waals surface area contributed by atoms with Crippen molar-refractivity contribution in [3.8, 4) is 11.1 Å². The Bertz CT molecular complexity index is 939. The number of carboxylic acids is 1. The predicted octanol–water partition coefficient (Wildman–Crippen LogP) is 4.65. The fourth-order valence-electron chi connectivity index (χ4n) is 3.39. The maximum atomic E-state index is 12.3. The molecule has 2 aromatic carbocycles. The maximum absolute atomic E-state index is 12.3. The van der Waals surface area contributed by atoms with Gasteiger partial charge in [0.1, 0.15) is 18.2 Å². The van der Waals surface area contributed by atoms with Gasteiger partial charge in [0.25, 0.3) is 0 Å². The number of aliphatic carboxylic acids is 1. The summed E-state index contributed by atoms with van der Waals surface area (Å²) in [5.74, 6) is -1.56. The van der Waals surface area contributed by atoms with E-state index in [2.05, 4.69) is 5.32 Å². The lowest BCUT2D eigenvalue weighted by Gasteiger charge is -2.20. The van der Waals surface area contributed by atoms with E-state index in [0.717, 1.165) is 22.3 Å². The van der Waals surface area contributed by atoms with Gasteiger partial charge in [-0.25, -0.2) is 14.4 Å². The number of amides is 1. The quantitative estimate of drug-likeness (QED) is 0.627. The Morgan fingerprint density at radius 1 is 1.03 bits per heavy atom. The van der Waals surface area contributed by atoms with Crippen molar-refractivity contribution in [2.75, 3.05) is 12.4 Å². The summed E-state index contributed by atoms with van der Waals surface area (Å²) in [6.07, 6.45) is -0.848. The van der Waals surface area contributed by atoms with Gasteiger partial charge in [-0.1, -0.05) is 48.5 Å². The van der Waals surface area contributed by atoms with Crippen LogP contribution in [0, 0.1) is 0 Å². The molecule has 1 aliphatic rings. The zero-order chi connectivity index (χ0) is 22.6. The Balaban J connectivity index is 1.59. The van der Waals surface area contributed by atoms with Gasteiger partial charge in [-0.3, -0.25) is 0 Å². The van der Waals surface area contributed by atoms with Crippen LogP contribution in [0.1, 0.15) is 37.8 Å². The van der Waals surface area contributed by atoms with Crippen molar-refractivity contribution in [1.29, 1.82) is 0 Å². The molecule has 2 N–H and O–H groups in total. The number of fused-ring (bicyclic) bond motifs is 3. The molecule has 3 rings (SSSR count). The van der Waals surface area contributed by atoms with Crippen LogP contribution in [0.3, 0.4) is 0 Å². The summed E-state index contributed by atoms with van der Waals surface area (Å²) in [6, 6.07) is 14.6. The third-order valence-electron chi connectivity index (χ3n) is 4.69. The number of carbonyl (C=O) groups excluding carboxylic acids is 2. The zero-order valence-corrected chi connectivity index (χ0v) is 18.4. The molecule has 8 heteroatoms. The van der Waals surface area contributed by atoms with E-state index in [1.54, 1.807) is 20.8 Å². The molecular formula is C23H25NO6S. The third kappa shape index (κ3) is 5.79. The van der Waals surface area contributed by atoms with Crippen molar-refractivity contribution in [3.05, 3.63) is 59.7 Å².